The van der Waals surface area contributed by atoms with Crippen LogP contribution in [0, 0.1) is 0 Å². The smallest absolute Gasteiger partial charge is 0.192 e. The van der Waals surface area contributed by atoms with Crippen LogP contribution in [0.1, 0.15) is 60.0 Å². The Morgan fingerprint density at radius 1 is 1.09 bits per heavy atom. The normalized spacial score (nSPS) is 22.6. The number of ether oxygens (including phenoxy) is 1. The molecule has 34 heavy (non-hydrogen) atoms. The lowest BCUT2D eigenvalue weighted by Crippen LogP contribution is -2.48. The molecule has 2 aromatic heterocycles. The van der Waals surface area contributed by atoms with Crippen molar-refractivity contribution in [1.29, 1.82) is 0 Å². The van der Waals surface area contributed by atoms with Gasteiger partial charge in [-0.25, -0.2) is 15.0 Å². The van der Waals surface area contributed by atoms with Crippen LogP contribution >= 0.6 is 0 Å². The van der Waals surface area contributed by atoms with Gasteiger partial charge in [-0.1, -0.05) is 41.5 Å². The van der Waals surface area contributed by atoms with Gasteiger partial charge >= 0.3 is 0 Å². The zero-order chi connectivity index (χ0) is 25.7. The highest BCUT2D eigenvalue weighted by Crippen LogP contribution is 2.43. The standard InChI is InChI=1S/C23H43N5O4Si2/c1-22(2,3)33(7,8)30-13-16-15(32-34(9,10)23(4,5)6)11-18(31-16)28-14-25-19-20(24)26-17(12-29)27-21(19)28/h14-16,18,29H,11-13H2,1-10H3,(H2,24,26,27)/t15-,16+,18+/m0/s1. The van der Waals surface area contributed by atoms with Crippen LogP contribution < -0.4 is 5.73 Å². The van der Waals surface area contributed by atoms with E-state index in [2.05, 4.69) is 82.7 Å². The highest BCUT2D eigenvalue weighted by molar-refractivity contribution is 6.74. The van der Waals surface area contributed by atoms with Crippen molar-refractivity contribution < 1.29 is 18.7 Å². The summed E-state index contributed by atoms with van der Waals surface area (Å²) in [4.78, 5) is 13.0. The Hall–Kier alpha value is -1.38. The summed E-state index contributed by atoms with van der Waals surface area (Å²) in [5.41, 5.74) is 7.11. The molecule has 3 rings (SSSR count). The number of aliphatic hydroxyl groups is 1. The summed E-state index contributed by atoms with van der Waals surface area (Å²) in [6.07, 6.45) is 1.70. The van der Waals surface area contributed by atoms with E-state index in [0.29, 0.717) is 24.2 Å². The second kappa shape index (κ2) is 9.25. The lowest BCUT2D eigenvalue weighted by Gasteiger charge is -2.40. The second-order valence-corrected chi connectivity index (χ2v) is 21.9. The molecule has 1 saturated heterocycles. The van der Waals surface area contributed by atoms with Gasteiger partial charge in [-0.3, -0.25) is 4.57 Å². The van der Waals surface area contributed by atoms with E-state index in [1.54, 1.807) is 6.33 Å². The third-order valence-electron chi connectivity index (χ3n) is 7.79. The van der Waals surface area contributed by atoms with Crippen LogP contribution in [-0.4, -0.2) is 60.1 Å². The van der Waals surface area contributed by atoms with Crippen molar-refractivity contribution in [2.24, 2.45) is 0 Å². The molecule has 1 aliphatic heterocycles. The molecule has 0 radical (unpaired) electrons. The maximum absolute atomic E-state index is 9.55. The number of rotatable bonds is 7. The summed E-state index contributed by atoms with van der Waals surface area (Å²) in [6, 6.07) is 0. The molecule has 192 valence electrons. The van der Waals surface area contributed by atoms with Gasteiger partial charge in [0.1, 0.15) is 24.5 Å². The molecule has 3 heterocycles. The highest BCUT2D eigenvalue weighted by atomic mass is 28.4. The number of hydrogen-bond acceptors (Lipinski definition) is 8. The molecule has 0 spiro atoms. The molecule has 3 atom stereocenters. The highest BCUT2D eigenvalue weighted by Gasteiger charge is 2.46. The molecule has 0 aromatic carbocycles. The maximum atomic E-state index is 9.55. The molecule has 0 aliphatic carbocycles. The van der Waals surface area contributed by atoms with E-state index in [4.69, 9.17) is 19.3 Å². The minimum atomic E-state index is -2.04. The van der Waals surface area contributed by atoms with Crippen molar-refractivity contribution in [1.82, 2.24) is 19.5 Å². The predicted octanol–water partition coefficient (Wildman–Crippen LogP) is 4.60. The van der Waals surface area contributed by atoms with E-state index >= 15 is 0 Å². The molecule has 0 unspecified atom stereocenters. The Kier molecular flexibility index (Phi) is 7.40. The Bertz CT molecular complexity index is 1010. The summed E-state index contributed by atoms with van der Waals surface area (Å²) in [7, 11) is -4.00. The van der Waals surface area contributed by atoms with Gasteiger partial charge < -0.3 is 24.4 Å². The Morgan fingerprint density at radius 2 is 1.71 bits per heavy atom. The number of anilines is 1. The number of aromatic nitrogens is 4. The van der Waals surface area contributed by atoms with Crippen LogP contribution in [0.3, 0.4) is 0 Å². The molecule has 2 aromatic rings. The van der Waals surface area contributed by atoms with Gasteiger partial charge in [0.2, 0.25) is 0 Å². The van der Waals surface area contributed by atoms with Gasteiger partial charge in [-0.05, 0) is 36.3 Å². The monoisotopic (exact) mass is 509 g/mol. The van der Waals surface area contributed by atoms with Crippen molar-refractivity contribution in [2.45, 2.75) is 109 Å². The zero-order valence-corrected chi connectivity index (χ0v) is 24.5. The molecule has 0 saturated carbocycles. The predicted molar refractivity (Wildman–Crippen MR) is 139 cm³/mol. The number of nitrogens with two attached hydrogens (primary N) is 1. The van der Waals surface area contributed by atoms with Crippen LogP contribution in [0.2, 0.25) is 36.3 Å². The second-order valence-electron chi connectivity index (χ2n) is 12.4. The van der Waals surface area contributed by atoms with Crippen molar-refractivity contribution in [3.05, 3.63) is 12.2 Å². The van der Waals surface area contributed by atoms with Crippen LogP contribution in [-0.2, 0) is 20.2 Å². The first-order valence-electron chi connectivity index (χ1n) is 12.0. The van der Waals surface area contributed by atoms with Crippen molar-refractivity contribution in [3.8, 4) is 0 Å². The summed E-state index contributed by atoms with van der Waals surface area (Å²) < 4.78 is 21.9. The first-order valence-corrected chi connectivity index (χ1v) is 17.9. The molecule has 11 heteroatoms. The van der Waals surface area contributed by atoms with Crippen molar-refractivity contribution in [2.75, 3.05) is 12.3 Å². The molecule has 9 nitrogen and oxygen atoms in total. The van der Waals surface area contributed by atoms with Crippen LogP contribution in [0.15, 0.2) is 6.33 Å². The van der Waals surface area contributed by atoms with E-state index in [0.717, 1.165) is 0 Å². The fourth-order valence-corrected chi connectivity index (χ4v) is 5.85. The van der Waals surface area contributed by atoms with Gasteiger partial charge in [0, 0.05) is 6.42 Å². The lowest BCUT2D eigenvalue weighted by molar-refractivity contribution is -0.0383. The van der Waals surface area contributed by atoms with Crippen LogP contribution in [0.25, 0.3) is 11.2 Å². The van der Waals surface area contributed by atoms with Gasteiger partial charge in [-0.2, -0.15) is 0 Å². The average Bonchev–Trinajstić information content (AvgIpc) is 3.28. The fourth-order valence-electron chi connectivity index (χ4n) is 3.47. The lowest BCUT2D eigenvalue weighted by atomic mass is 10.2. The quantitative estimate of drug-likeness (QED) is 0.520. The fraction of sp³-hybridized carbons (Fsp3) is 0.783. The van der Waals surface area contributed by atoms with Crippen molar-refractivity contribution in [3.63, 3.8) is 0 Å². The van der Waals surface area contributed by atoms with E-state index < -0.39 is 16.6 Å². The van der Waals surface area contributed by atoms with Gasteiger partial charge in [0.25, 0.3) is 0 Å². The largest absolute Gasteiger partial charge is 0.414 e. The average molecular weight is 510 g/mol. The Morgan fingerprint density at radius 3 is 2.26 bits per heavy atom. The summed E-state index contributed by atoms with van der Waals surface area (Å²) >= 11 is 0. The van der Waals surface area contributed by atoms with Crippen LogP contribution in [0.4, 0.5) is 5.82 Å². The summed E-state index contributed by atoms with van der Waals surface area (Å²) in [5.74, 6) is 0.509. The molecular weight excluding hydrogens is 466 g/mol. The third kappa shape index (κ3) is 5.39. The first-order chi connectivity index (χ1) is 15.5. The number of aliphatic hydroxyl groups excluding tert-OH is 1. The van der Waals surface area contributed by atoms with Gasteiger partial charge in [-0.15, -0.1) is 0 Å². The van der Waals surface area contributed by atoms with Crippen molar-refractivity contribution >= 4 is 33.6 Å². The third-order valence-corrected chi connectivity index (χ3v) is 16.8. The van der Waals surface area contributed by atoms with Gasteiger partial charge in [0.05, 0.1) is 19.0 Å². The molecule has 3 N–H and O–H groups in total. The number of nitrogen functional groups attached to an aromatic ring is 1. The molecule has 0 bridgehead atoms. The minimum Gasteiger partial charge on any atom is -0.414 e. The van der Waals surface area contributed by atoms with E-state index in [-0.39, 0.29) is 46.8 Å². The maximum Gasteiger partial charge on any atom is 0.192 e. The minimum absolute atomic E-state index is 0.0787. The Balaban J connectivity index is 1.91. The van der Waals surface area contributed by atoms with E-state index in [1.807, 2.05) is 4.57 Å². The number of fused-ring (bicyclic) bond motifs is 1. The number of imidazole rings is 1. The molecule has 1 fully saturated rings. The van der Waals surface area contributed by atoms with E-state index in [1.165, 1.54) is 0 Å². The topological polar surface area (TPSA) is 118 Å². The number of hydrogen-bond donors (Lipinski definition) is 2. The molecule has 0 amide bonds. The number of nitrogens with zero attached hydrogens (tertiary/aromatic N) is 4. The van der Waals surface area contributed by atoms with Crippen LogP contribution in [0.5, 0.6) is 0 Å². The van der Waals surface area contributed by atoms with Gasteiger partial charge in [0.15, 0.2) is 33.9 Å². The zero-order valence-electron chi connectivity index (χ0n) is 22.5. The Labute approximate surface area is 205 Å². The summed E-state index contributed by atoms with van der Waals surface area (Å²) in [5, 5.41) is 9.73. The molecule has 1 aliphatic rings. The molecular formula is C23H43N5O4Si2. The SMILES string of the molecule is CC(C)(C)[Si](C)(C)OC[C@H]1O[C@@H](n2cnc3c(N)nc(CO)nc32)C[C@@H]1O[Si](C)(C)C(C)(C)C. The van der Waals surface area contributed by atoms with E-state index in [9.17, 15) is 5.11 Å². The summed E-state index contributed by atoms with van der Waals surface area (Å²) in [6.45, 7) is 22.7. The first kappa shape index (κ1) is 27.2.